The van der Waals surface area contributed by atoms with Crippen molar-refractivity contribution in [2.24, 2.45) is 0 Å². The molecule has 1 amide bonds. The number of anilines is 3. The zero-order valence-corrected chi connectivity index (χ0v) is 28.4. The Balaban J connectivity index is 1.01. The molecule has 2 aromatic carbocycles. The summed E-state index contributed by atoms with van der Waals surface area (Å²) in [7, 11) is 0. The summed E-state index contributed by atoms with van der Waals surface area (Å²) in [6.45, 7) is 10.2. The summed E-state index contributed by atoms with van der Waals surface area (Å²) in [5.74, 6) is 0.313. The number of amides is 1. The Morgan fingerprint density at radius 2 is 1.67 bits per heavy atom. The monoisotopic (exact) mass is 665 g/mol. The summed E-state index contributed by atoms with van der Waals surface area (Å²) in [4.78, 5) is 41.6. The lowest BCUT2D eigenvalue weighted by atomic mass is 10.1. The minimum Gasteiger partial charge on any atom is -0.379 e. The summed E-state index contributed by atoms with van der Waals surface area (Å²) in [6.07, 6.45) is 10.6. The number of aldehydes is 1. The maximum Gasteiger partial charge on any atom is 0.255 e. The van der Waals surface area contributed by atoms with Crippen molar-refractivity contribution in [2.75, 3.05) is 69.8 Å². The molecule has 1 saturated heterocycles. The molecule has 49 heavy (non-hydrogen) atoms. The summed E-state index contributed by atoms with van der Waals surface area (Å²) < 4.78 is 10.6. The van der Waals surface area contributed by atoms with Gasteiger partial charge in [-0.1, -0.05) is 31.0 Å². The Bertz CT molecular complexity index is 1600. The summed E-state index contributed by atoms with van der Waals surface area (Å²) >= 11 is 0. The molecule has 0 atom stereocenters. The molecule has 11 nitrogen and oxygen atoms in total. The summed E-state index contributed by atoms with van der Waals surface area (Å²) in [6, 6.07) is 19.3. The highest BCUT2D eigenvalue weighted by Gasteiger charge is 2.17. The molecule has 0 unspecified atom stereocenters. The van der Waals surface area contributed by atoms with Crippen LogP contribution in [0.2, 0.25) is 0 Å². The molecule has 0 aliphatic carbocycles. The van der Waals surface area contributed by atoms with E-state index in [-0.39, 0.29) is 12.5 Å². The molecule has 0 radical (unpaired) electrons. The van der Waals surface area contributed by atoms with E-state index in [2.05, 4.69) is 47.5 Å². The van der Waals surface area contributed by atoms with Crippen LogP contribution in [-0.2, 0) is 20.8 Å². The van der Waals surface area contributed by atoms with Gasteiger partial charge in [0.15, 0.2) is 0 Å². The van der Waals surface area contributed by atoms with E-state index in [9.17, 15) is 9.59 Å². The lowest BCUT2D eigenvalue weighted by molar-refractivity contribution is -0.112. The second kappa shape index (κ2) is 19.4. The van der Waals surface area contributed by atoms with Crippen molar-refractivity contribution in [3.63, 3.8) is 0 Å². The van der Waals surface area contributed by atoms with Crippen LogP contribution in [0.4, 0.5) is 17.3 Å². The number of aromatic nitrogens is 3. The van der Waals surface area contributed by atoms with E-state index in [1.807, 2.05) is 55.5 Å². The van der Waals surface area contributed by atoms with Gasteiger partial charge in [-0.3, -0.25) is 14.7 Å². The van der Waals surface area contributed by atoms with Gasteiger partial charge in [0.25, 0.3) is 5.91 Å². The Morgan fingerprint density at radius 1 is 0.878 bits per heavy atom. The number of benzene rings is 2. The first kappa shape index (κ1) is 35.7. The fraction of sp³-hybridized carbons (Fsp3) is 0.395. The Kier molecular flexibility index (Phi) is 14.2. The van der Waals surface area contributed by atoms with Gasteiger partial charge >= 0.3 is 0 Å². The number of hydrogen-bond donors (Lipinski definition) is 2. The minimum atomic E-state index is -0.155. The number of piperazine rings is 1. The van der Waals surface area contributed by atoms with Crippen molar-refractivity contribution in [3.05, 3.63) is 95.9 Å². The Hall–Kier alpha value is -4.55. The fourth-order valence-electron chi connectivity index (χ4n) is 5.69. The molecular formula is C38H47N7O4. The third-order valence-electron chi connectivity index (χ3n) is 8.51. The molecule has 1 aliphatic heterocycles. The SMILES string of the molecule is Cc1ccc(NC(=O)c2ccc(CN3CCN(CCCCCCOCCOCC=O)CC3)cc2)cc1Nc1nccc(-c2cccnc2)n1. The van der Waals surface area contributed by atoms with Crippen LogP contribution in [0.5, 0.6) is 0 Å². The first-order chi connectivity index (χ1) is 24.1. The molecule has 0 bridgehead atoms. The van der Waals surface area contributed by atoms with Crippen LogP contribution in [0.15, 0.2) is 79.3 Å². The second-order valence-electron chi connectivity index (χ2n) is 12.2. The molecule has 1 aliphatic rings. The zero-order valence-electron chi connectivity index (χ0n) is 28.4. The Labute approximate surface area is 289 Å². The van der Waals surface area contributed by atoms with E-state index >= 15 is 0 Å². The first-order valence-electron chi connectivity index (χ1n) is 17.1. The van der Waals surface area contributed by atoms with E-state index in [1.165, 1.54) is 24.8 Å². The van der Waals surface area contributed by atoms with Crippen molar-refractivity contribution in [1.29, 1.82) is 0 Å². The third kappa shape index (κ3) is 11.8. The fourth-order valence-corrected chi connectivity index (χ4v) is 5.69. The van der Waals surface area contributed by atoms with E-state index in [4.69, 9.17) is 9.47 Å². The van der Waals surface area contributed by atoms with E-state index in [0.717, 1.165) is 81.1 Å². The van der Waals surface area contributed by atoms with Crippen molar-refractivity contribution in [1.82, 2.24) is 24.8 Å². The van der Waals surface area contributed by atoms with Crippen molar-refractivity contribution in [2.45, 2.75) is 39.2 Å². The summed E-state index contributed by atoms with van der Waals surface area (Å²) in [5.41, 5.74) is 6.01. The molecule has 2 aromatic heterocycles. The highest BCUT2D eigenvalue weighted by molar-refractivity contribution is 6.04. The molecule has 1 fully saturated rings. The van der Waals surface area contributed by atoms with Gasteiger partial charge in [0.2, 0.25) is 5.95 Å². The highest BCUT2D eigenvalue weighted by atomic mass is 16.5. The van der Waals surface area contributed by atoms with Gasteiger partial charge in [-0.05, 0) is 79.9 Å². The number of carbonyl (C=O) groups excluding carboxylic acids is 2. The van der Waals surface area contributed by atoms with E-state index < -0.39 is 0 Å². The standard InChI is InChI=1S/C38H47N7O4/c1-30-8-13-34(27-36(30)43-38-40-16-14-35(42-38)33-7-6-15-39-28-33)41-37(47)32-11-9-31(10-12-32)29-45-20-18-44(19-21-45)17-4-2-3-5-23-48-25-26-49-24-22-46/h6-16,22,27-28H,2-5,17-21,23-26,29H2,1H3,(H,41,47)(H,40,42,43). The number of rotatable bonds is 19. The lowest BCUT2D eigenvalue weighted by Gasteiger charge is -2.34. The number of aryl methyl sites for hydroxylation is 1. The van der Waals surface area contributed by atoms with Crippen LogP contribution >= 0.6 is 0 Å². The number of pyridine rings is 1. The van der Waals surface area contributed by atoms with E-state index in [1.54, 1.807) is 18.6 Å². The molecule has 0 saturated carbocycles. The molecule has 11 heteroatoms. The predicted molar refractivity (Wildman–Crippen MR) is 192 cm³/mol. The van der Waals surface area contributed by atoms with Crippen molar-refractivity contribution < 1.29 is 19.1 Å². The molecular weight excluding hydrogens is 618 g/mol. The summed E-state index contributed by atoms with van der Waals surface area (Å²) in [5, 5.41) is 6.33. The van der Waals surface area contributed by atoms with Crippen LogP contribution in [0.1, 0.15) is 47.2 Å². The molecule has 3 heterocycles. The van der Waals surface area contributed by atoms with Crippen LogP contribution < -0.4 is 10.6 Å². The second-order valence-corrected chi connectivity index (χ2v) is 12.2. The quantitative estimate of drug-likeness (QED) is 0.0946. The van der Waals surface area contributed by atoms with Gasteiger partial charge in [0.1, 0.15) is 12.9 Å². The van der Waals surface area contributed by atoms with Gasteiger partial charge in [0, 0.05) is 80.4 Å². The normalized spacial score (nSPS) is 13.7. The maximum absolute atomic E-state index is 13.1. The predicted octanol–water partition coefficient (Wildman–Crippen LogP) is 5.75. The maximum atomic E-state index is 13.1. The van der Waals surface area contributed by atoms with Crippen LogP contribution in [0.25, 0.3) is 11.3 Å². The van der Waals surface area contributed by atoms with Gasteiger partial charge in [-0.15, -0.1) is 0 Å². The Morgan fingerprint density at radius 3 is 2.47 bits per heavy atom. The van der Waals surface area contributed by atoms with Crippen molar-refractivity contribution in [3.8, 4) is 11.3 Å². The third-order valence-corrected chi connectivity index (χ3v) is 8.51. The molecule has 2 N–H and O–H groups in total. The lowest BCUT2D eigenvalue weighted by Crippen LogP contribution is -2.46. The zero-order chi connectivity index (χ0) is 34.1. The van der Waals surface area contributed by atoms with E-state index in [0.29, 0.717) is 30.4 Å². The van der Waals surface area contributed by atoms with Gasteiger partial charge in [0.05, 0.1) is 18.9 Å². The first-order valence-corrected chi connectivity index (χ1v) is 17.1. The van der Waals surface area contributed by atoms with Gasteiger partial charge < -0.3 is 29.8 Å². The smallest absolute Gasteiger partial charge is 0.255 e. The molecule has 258 valence electrons. The topological polar surface area (TPSA) is 122 Å². The average molecular weight is 666 g/mol. The minimum absolute atomic E-state index is 0.143. The van der Waals surface area contributed by atoms with Crippen molar-refractivity contribution >= 4 is 29.5 Å². The highest BCUT2D eigenvalue weighted by Crippen LogP contribution is 2.25. The van der Waals surface area contributed by atoms with Gasteiger partial charge in [-0.25, -0.2) is 9.97 Å². The number of nitrogens with one attached hydrogen (secondary N) is 2. The molecule has 4 aromatic rings. The molecule has 5 rings (SSSR count). The number of hydrogen-bond acceptors (Lipinski definition) is 10. The number of ether oxygens (including phenoxy) is 2. The average Bonchev–Trinajstić information content (AvgIpc) is 3.13. The van der Waals surface area contributed by atoms with Crippen LogP contribution in [0, 0.1) is 6.92 Å². The van der Waals surface area contributed by atoms with Gasteiger partial charge in [-0.2, -0.15) is 0 Å². The largest absolute Gasteiger partial charge is 0.379 e. The number of nitrogens with zero attached hydrogens (tertiary/aromatic N) is 5. The number of unbranched alkanes of at least 4 members (excludes halogenated alkanes) is 3. The number of carbonyl (C=O) groups is 2. The van der Waals surface area contributed by atoms with Crippen LogP contribution in [0.3, 0.4) is 0 Å². The van der Waals surface area contributed by atoms with Crippen LogP contribution in [-0.4, -0.2) is 96.1 Å². The molecule has 0 spiro atoms.